The van der Waals surface area contributed by atoms with E-state index in [2.05, 4.69) is 148 Å². The fourth-order valence-corrected chi connectivity index (χ4v) is 5.49. The molecule has 6 aromatic heterocycles. The molecule has 328 valence electrons. The van der Waals surface area contributed by atoms with Crippen molar-refractivity contribution in [1.29, 1.82) is 0 Å². The van der Waals surface area contributed by atoms with Crippen LogP contribution in [0.15, 0.2) is 49.2 Å². The summed E-state index contributed by atoms with van der Waals surface area (Å²) in [4.78, 5) is 15.2. The Balaban J connectivity index is 0.000000245. The number of nitrogens with one attached hydrogen (secondary N) is 3. The second-order valence-electron chi connectivity index (χ2n) is 17.7. The smallest absolute Gasteiger partial charge is 0.111 e. The molecule has 0 fully saturated rings. The van der Waals surface area contributed by atoms with Gasteiger partial charge in [0.2, 0.25) is 0 Å². The van der Waals surface area contributed by atoms with Crippen molar-refractivity contribution in [2.24, 2.45) is 21.1 Å². The maximum absolute atomic E-state index is 5.32. The first kappa shape index (κ1) is 50.4. The van der Waals surface area contributed by atoms with E-state index >= 15 is 0 Å². The SMILES string of the molecule is CC(C)c1ccn(C)n1.CC(C)c1ccnn1C.CC(C)c1cnn(C)c1.CC(C)c1nc2c([nH]1)COCC2.CCc1cc(C(C)C)n[nH]1.Cc1cnc(C(C)(C)C)[nH]1. The third kappa shape index (κ3) is 17.9. The number of aryl methyl sites for hydroxylation is 5. The van der Waals surface area contributed by atoms with Gasteiger partial charge in [0.05, 0.1) is 42.2 Å². The summed E-state index contributed by atoms with van der Waals surface area (Å²) in [6.45, 7) is 33.6. The number of hydrogen-bond donors (Lipinski definition) is 3. The standard InChI is InChI=1S/C9H14N2O.2C8H14N2.3C7H12N2/c1-6(2)9-10-7-3-4-12-5-8(7)11-9;1-6-5-9-7(10-6)8(2,3)4;1-4-7-5-8(6(2)3)10-9-7;1-6(2)7-4-8-9(3)5-7;1-6(2)7-4-5-9(3)8-7;1-6(2)7-4-5-8-9(7)3/h6H,3-5H2,1-2H3,(H,10,11);5H,1-4H3,(H,9,10);5-6H,4H2,1-3H3,(H,9,10);3*4-6H,1-3H3. The van der Waals surface area contributed by atoms with Crippen molar-refractivity contribution >= 4 is 0 Å². The maximum atomic E-state index is 5.32. The Kier molecular flexibility index (Phi) is 20.8. The molecule has 0 saturated heterocycles. The van der Waals surface area contributed by atoms with Crippen molar-refractivity contribution in [3.63, 3.8) is 0 Å². The van der Waals surface area contributed by atoms with Crippen molar-refractivity contribution < 1.29 is 4.74 Å². The van der Waals surface area contributed by atoms with Crippen molar-refractivity contribution in [3.05, 3.63) is 106 Å². The first-order valence-electron chi connectivity index (χ1n) is 21.3. The molecule has 13 heteroatoms. The number of nitrogens with zero attached hydrogens (tertiary/aromatic N) is 9. The largest absolute Gasteiger partial charge is 0.375 e. The van der Waals surface area contributed by atoms with Crippen molar-refractivity contribution in [2.45, 2.75) is 158 Å². The predicted molar refractivity (Wildman–Crippen MR) is 242 cm³/mol. The quantitative estimate of drug-likeness (QED) is 0.152. The lowest BCUT2D eigenvalue weighted by Crippen LogP contribution is -2.13. The number of H-pyrrole nitrogens is 3. The fourth-order valence-electron chi connectivity index (χ4n) is 5.49. The van der Waals surface area contributed by atoms with Crippen LogP contribution in [0.3, 0.4) is 0 Å². The van der Waals surface area contributed by atoms with E-state index in [-0.39, 0.29) is 5.41 Å². The first-order valence-corrected chi connectivity index (χ1v) is 21.3. The second-order valence-corrected chi connectivity index (χ2v) is 17.7. The van der Waals surface area contributed by atoms with E-state index in [0.717, 1.165) is 48.2 Å². The normalized spacial score (nSPS) is 12.1. The lowest BCUT2D eigenvalue weighted by molar-refractivity contribution is 0.107. The number of ether oxygens (including phenoxy) is 1. The summed E-state index contributed by atoms with van der Waals surface area (Å²) in [6.07, 6.45) is 11.6. The molecule has 7 heterocycles. The zero-order valence-electron chi connectivity index (χ0n) is 39.8. The molecular weight excluding hydrogens is 737 g/mol. The number of rotatable bonds is 6. The van der Waals surface area contributed by atoms with Crippen LogP contribution in [0.25, 0.3) is 0 Å². The highest BCUT2D eigenvalue weighted by molar-refractivity contribution is 5.17. The molecule has 0 atom stereocenters. The van der Waals surface area contributed by atoms with E-state index < -0.39 is 0 Å². The Morgan fingerprint density at radius 2 is 1.47 bits per heavy atom. The monoisotopic (exact) mass is 815 g/mol. The van der Waals surface area contributed by atoms with E-state index in [1.807, 2.05) is 85.2 Å². The molecule has 7 rings (SSSR count). The molecule has 0 radical (unpaired) electrons. The molecule has 13 nitrogen and oxygen atoms in total. The number of fused-ring (bicyclic) bond motifs is 1. The van der Waals surface area contributed by atoms with Gasteiger partial charge in [0.25, 0.3) is 0 Å². The molecule has 0 saturated carbocycles. The van der Waals surface area contributed by atoms with Crippen LogP contribution in [0.5, 0.6) is 0 Å². The lowest BCUT2D eigenvalue weighted by Gasteiger charge is -2.13. The minimum Gasteiger partial charge on any atom is -0.375 e. The number of aromatic nitrogens is 12. The Hall–Kier alpha value is -4.78. The van der Waals surface area contributed by atoms with Gasteiger partial charge in [-0.1, -0.05) is 96.9 Å². The fraction of sp³-hybridized carbons (Fsp3) is 0.609. The molecule has 0 aliphatic carbocycles. The van der Waals surface area contributed by atoms with Crippen molar-refractivity contribution in [3.8, 4) is 0 Å². The third-order valence-corrected chi connectivity index (χ3v) is 9.36. The van der Waals surface area contributed by atoms with Crippen LogP contribution in [0.1, 0.15) is 184 Å². The van der Waals surface area contributed by atoms with Gasteiger partial charge >= 0.3 is 0 Å². The minimum absolute atomic E-state index is 0.147. The molecule has 0 amide bonds. The summed E-state index contributed by atoms with van der Waals surface area (Å²) >= 11 is 0. The molecule has 0 aromatic carbocycles. The highest BCUT2D eigenvalue weighted by atomic mass is 16.5. The van der Waals surface area contributed by atoms with Crippen LogP contribution in [-0.4, -0.2) is 66.1 Å². The lowest BCUT2D eigenvalue weighted by atomic mass is 9.96. The Morgan fingerprint density at radius 1 is 0.797 bits per heavy atom. The molecular formula is C46H78N12O. The first-order chi connectivity index (χ1) is 27.6. The van der Waals surface area contributed by atoms with Crippen LogP contribution in [0, 0.1) is 6.92 Å². The predicted octanol–water partition coefficient (Wildman–Crippen LogP) is 10.3. The summed E-state index contributed by atoms with van der Waals surface area (Å²) in [7, 11) is 5.84. The highest BCUT2D eigenvalue weighted by Gasteiger charge is 2.17. The molecule has 3 N–H and O–H groups in total. The van der Waals surface area contributed by atoms with Gasteiger partial charge in [-0.05, 0) is 60.8 Å². The molecule has 1 aliphatic heterocycles. The van der Waals surface area contributed by atoms with E-state index in [1.165, 1.54) is 28.3 Å². The molecule has 59 heavy (non-hydrogen) atoms. The zero-order valence-corrected chi connectivity index (χ0v) is 39.8. The van der Waals surface area contributed by atoms with Gasteiger partial charge in [-0.3, -0.25) is 19.1 Å². The summed E-state index contributed by atoms with van der Waals surface area (Å²) < 4.78 is 10.9. The number of hydrogen-bond acceptors (Lipinski definition) is 7. The molecule has 6 aromatic rings. The number of imidazole rings is 2. The molecule has 0 bridgehead atoms. The van der Waals surface area contributed by atoms with Crippen LogP contribution in [0.4, 0.5) is 0 Å². The Morgan fingerprint density at radius 3 is 1.80 bits per heavy atom. The molecule has 0 unspecified atom stereocenters. The molecule has 0 spiro atoms. The number of aromatic amines is 3. The van der Waals surface area contributed by atoms with Gasteiger partial charge in [0.1, 0.15) is 11.6 Å². The van der Waals surface area contributed by atoms with E-state index in [9.17, 15) is 0 Å². The zero-order chi connectivity index (χ0) is 44.4. The second kappa shape index (κ2) is 24.3. The van der Waals surface area contributed by atoms with Crippen LogP contribution >= 0.6 is 0 Å². The summed E-state index contributed by atoms with van der Waals surface area (Å²) in [5, 5.41) is 19.5. The van der Waals surface area contributed by atoms with Crippen molar-refractivity contribution in [2.75, 3.05) is 6.61 Å². The van der Waals surface area contributed by atoms with Crippen LogP contribution in [-0.2, 0) is 50.7 Å². The van der Waals surface area contributed by atoms with Gasteiger partial charge in [0.15, 0.2) is 0 Å². The topological polar surface area (TPSA) is 149 Å². The van der Waals surface area contributed by atoms with E-state index in [4.69, 9.17) is 4.74 Å². The maximum Gasteiger partial charge on any atom is 0.111 e. The highest BCUT2D eigenvalue weighted by Crippen LogP contribution is 2.19. The third-order valence-electron chi connectivity index (χ3n) is 9.36. The average molecular weight is 815 g/mol. The van der Waals surface area contributed by atoms with E-state index in [0.29, 0.717) is 36.2 Å². The van der Waals surface area contributed by atoms with E-state index in [1.54, 1.807) is 0 Å². The molecule has 1 aliphatic rings. The van der Waals surface area contributed by atoms with Crippen molar-refractivity contribution in [1.82, 2.24) is 59.5 Å². The van der Waals surface area contributed by atoms with Gasteiger partial charge < -0.3 is 14.7 Å². The summed E-state index contributed by atoms with van der Waals surface area (Å²) in [6, 6.07) is 6.22. The van der Waals surface area contributed by atoms with Gasteiger partial charge in [0, 0.05) is 80.8 Å². The van der Waals surface area contributed by atoms with Gasteiger partial charge in [-0.25, -0.2) is 9.97 Å². The van der Waals surface area contributed by atoms with Gasteiger partial charge in [-0.15, -0.1) is 0 Å². The Bertz CT molecular complexity index is 1940. The van der Waals surface area contributed by atoms with Gasteiger partial charge in [-0.2, -0.15) is 20.4 Å². The van der Waals surface area contributed by atoms with Crippen LogP contribution in [0.2, 0.25) is 0 Å². The summed E-state index contributed by atoms with van der Waals surface area (Å²) in [5.74, 6) is 4.89. The Labute approximate surface area is 355 Å². The summed E-state index contributed by atoms with van der Waals surface area (Å²) in [5.41, 5.74) is 9.79. The average Bonchev–Trinajstić information content (AvgIpc) is 4.02. The minimum atomic E-state index is 0.147. The van der Waals surface area contributed by atoms with Crippen LogP contribution < -0.4 is 0 Å².